The fourth-order valence-corrected chi connectivity index (χ4v) is 2.87. The van der Waals surface area contributed by atoms with Crippen LogP contribution in [0.4, 0.5) is 10.2 Å². The second-order valence-electron chi connectivity index (χ2n) is 3.95. The number of carbonyl (C=O) groups is 1. The van der Waals surface area contributed by atoms with Crippen molar-refractivity contribution in [3.63, 3.8) is 0 Å². The number of carboxylic acid groups (broad SMARTS) is 1. The number of anilines is 1. The van der Waals surface area contributed by atoms with Gasteiger partial charge in [0.1, 0.15) is 17.2 Å². The van der Waals surface area contributed by atoms with E-state index in [1.54, 1.807) is 0 Å². The zero-order chi connectivity index (χ0) is 12.4. The molecule has 1 saturated heterocycles. The smallest absolute Gasteiger partial charge is 0.339 e. The third-order valence-corrected chi connectivity index (χ3v) is 3.89. The van der Waals surface area contributed by atoms with Crippen molar-refractivity contribution in [1.82, 2.24) is 4.98 Å². The minimum atomic E-state index is -1.14. The number of thioether (sulfide) groups is 1. The molecule has 0 spiro atoms. The molecule has 4 nitrogen and oxygen atoms in total. The van der Waals surface area contributed by atoms with Crippen molar-refractivity contribution in [2.24, 2.45) is 0 Å². The van der Waals surface area contributed by atoms with E-state index in [1.165, 1.54) is 0 Å². The molecule has 1 aromatic heterocycles. The molecule has 1 aromatic rings. The van der Waals surface area contributed by atoms with E-state index in [4.69, 9.17) is 5.11 Å². The zero-order valence-electron chi connectivity index (χ0n) is 9.39. The second kappa shape index (κ2) is 4.91. The van der Waals surface area contributed by atoms with E-state index in [2.05, 4.69) is 4.98 Å². The maximum absolute atomic E-state index is 13.0. The predicted molar refractivity (Wildman–Crippen MR) is 65.3 cm³/mol. The Hall–Kier alpha value is -1.30. The van der Waals surface area contributed by atoms with Crippen molar-refractivity contribution >= 4 is 23.5 Å². The first-order valence-electron chi connectivity index (χ1n) is 5.33. The number of carboxylic acids is 1. The number of hydrogen-bond donors (Lipinski definition) is 1. The van der Waals surface area contributed by atoms with Crippen molar-refractivity contribution in [2.75, 3.05) is 23.0 Å². The molecular formula is C11H13FN2O2S. The van der Waals surface area contributed by atoms with E-state index in [-0.39, 0.29) is 11.6 Å². The summed E-state index contributed by atoms with van der Waals surface area (Å²) >= 11 is 1.83. The molecule has 1 unspecified atom stereocenters. The number of aromatic nitrogens is 1. The summed E-state index contributed by atoms with van der Waals surface area (Å²) in [5.41, 5.74) is -0.0660. The highest BCUT2D eigenvalue weighted by Gasteiger charge is 2.25. The number of aromatic carboxylic acids is 1. The molecule has 1 N–H and O–H groups in total. The largest absolute Gasteiger partial charge is 0.478 e. The standard InChI is InChI=1S/C11H13FN2O2S/c1-7-6-17-3-2-14(7)10-9(11(15)16)4-8(12)5-13-10/h4-5,7H,2-3,6H2,1H3,(H,15,16). The van der Waals surface area contributed by atoms with Crippen LogP contribution in [0.2, 0.25) is 0 Å². The van der Waals surface area contributed by atoms with Crippen LogP contribution in [-0.2, 0) is 0 Å². The van der Waals surface area contributed by atoms with Crippen LogP contribution < -0.4 is 4.90 Å². The number of rotatable bonds is 2. The molecule has 1 fully saturated rings. The highest BCUT2D eigenvalue weighted by molar-refractivity contribution is 7.99. The lowest BCUT2D eigenvalue weighted by atomic mass is 10.2. The fraction of sp³-hybridized carbons (Fsp3) is 0.455. The summed E-state index contributed by atoms with van der Waals surface area (Å²) in [6, 6.07) is 1.24. The molecule has 0 saturated carbocycles. The third-order valence-electron chi connectivity index (χ3n) is 2.70. The Labute approximate surface area is 103 Å². The first kappa shape index (κ1) is 12.2. The number of nitrogens with zero attached hydrogens (tertiary/aromatic N) is 2. The Morgan fingerprint density at radius 1 is 1.71 bits per heavy atom. The number of hydrogen-bond acceptors (Lipinski definition) is 4. The highest BCUT2D eigenvalue weighted by atomic mass is 32.2. The lowest BCUT2D eigenvalue weighted by Gasteiger charge is -2.34. The van der Waals surface area contributed by atoms with Gasteiger partial charge in [-0.1, -0.05) is 0 Å². The van der Waals surface area contributed by atoms with Crippen LogP contribution in [0.3, 0.4) is 0 Å². The third kappa shape index (κ3) is 2.52. The van der Waals surface area contributed by atoms with Gasteiger partial charge in [-0.2, -0.15) is 11.8 Å². The van der Waals surface area contributed by atoms with Crippen LogP contribution in [0.15, 0.2) is 12.3 Å². The van der Waals surface area contributed by atoms with E-state index in [9.17, 15) is 9.18 Å². The van der Waals surface area contributed by atoms with Crippen molar-refractivity contribution in [1.29, 1.82) is 0 Å². The zero-order valence-corrected chi connectivity index (χ0v) is 10.2. The summed E-state index contributed by atoms with van der Waals surface area (Å²) in [6.07, 6.45) is 1.07. The molecule has 0 bridgehead atoms. The summed E-state index contributed by atoms with van der Waals surface area (Å²) in [7, 11) is 0. The minimum absolute atomic E-state index is 0.0660. The van der Waals surface area contributed by atoms with Gasteiger partial charge in [0.2, 0.25) is 0 Å². The number of halogens is 1. The fourth-order valence-electron chi connectivity index (χ4n) is 1.86. The van der Waals surface area contributed by atoms with E-state index >= 15 is 0 Å². The molecule has 0 amide bonds. The molecule has 2 heterocycles. The Balaban J connectivity index is 2.39. The van der Waals surface area contributed by atoms with Crippen LogP contribution in [-0.4, -0.2) is 40.2 Å². The van der Waals surface area contributed by atoms with Gasteiger partial charge in [0.25, 0.3) is 0 Å². The Bertz CT molecular complexity index is 441. The summed E-state index contributed by atoms with van der Waals surface area (Å²) in [5, 5.41) is 9.07. The van der Waals surface area contributed by atoms with Gasteiger partial charge < -0.3 is 10.0 Å². The first-order valence-corrected chi connectivity index (χ1v) is 6.48. The van der Waals surface area contributed by atoms with Gasteiger partial charge in [-0.25, -0.2) is 14.2 Å². The van der Waals surface area contributed by atoms with E-state index < -0.39 is 11.8 Å². The molecule has 6 heteroatoms. The summed E-state index contributed by atoms with van der Waals surface area (Å²) < 4.78 is 13.0. The van der Waals surface area contributed by atoms with Crippen molar-refractivity contribution in [3.05, 3.63) is 23.6 Å². The lowest BCUT2D eigenvalue weighted by Crippen LogP contribution is -2.41. The molecule has 0 radical (unpaired) electrons. The Morgan fingerprint density at radius 3 is 3.12 bits per heavy atom. The summed E-state index contributed by atoms with van der Waals surface area (Å²) in [4.78, 5) is 16.9. The first-order chi connectivity index (χ1) is 8.09. The minimum Gasteiger partial charge on any atom is -0.478 e. The molecule has 1 aliphatic rings. The Morgan fingerprint density at radius 2 is 2.47 bits per heavy atom. The van der Waals surface area contributed by atoms with Gasteiger partial charge in [-0.3, -0.25) is 0 Å². The van der Waals surface area contributed by atoms with Crippen molar-refractivity contribution in [3.8, 4) is 0 Å². The molecule has 1 atom stereocenters. The molecule has 0 aliphatic carbocycles. The SMILES string of the molecule is CC1CSCCN1c1ncc(F)cc1C(=O)O. The molecule has 0 aromatic carbocycles. The quantitative estimate of drug-likeness (QED) is 0.875. The average molecular weight is 256 g/mol. The Kier molecular flexibility index (Phi) is 3.51. The van der Waals surface area contributed by atoms with E-state index in [0.29, 0.717) is 5.82 Å². The van der Waals surface area contributed by atoms with Gasteiger partial charge in [-0.05, 0) is 13.0 Å². The van der Waals surface area contributed by atoms with Gasteiger partial charge in [0.15, 0.2) is 0 Å². The normalized spacial score (nSPS) is 20.4. The second-order valence-corrected chi connectivity index (χ2v) is 5.10. The van der Waals surface area contributed by atoms with Crippen LogP contribution in [0.5, 0.6) is 0 Å². The van der Waals surface area contributed by atoms with Crippen molar-refractivity contribution < 1.29 is 14.3 Å². The van der Waals surface area contributed by atoms with Gasteiger partial charge in [-0.15, -0.1) is 0 Å². The monoisotopic (exact) mass is 256 g/mol. The maximum atomic E-state index is 13.0. The summed E-state index contributed by atoms with van der Waals surface area (Å²) in [6.45, 7) is 2.76. The molecule has 1 aliphatic heterocycles. The van der Waals surface area contributed by atoms with Gasteiger partial charge >= 0.3 is 5.97 Å². The van der Waals surface area contributed by atoms with Gasteiger partial charge in [0.05, 0.1) is 6.20 Å². The predicted octanol–water partition coefficient (Wildman–Crippen LogP) is 1.86. The van der Waals surface area contributed by atoms with Crippen molar-refractivity contribution in [2.45, 2.75) is 13.0 Å². The molecule has 2 rings (SSSR count). The van der Waals surface area contributed by atoms with Crippen LogP contribution in [0, 0.1) is 5.82 Å². The molecule has 17 heavy (non-hydrogen) atoms. The lowest BCUT2D eigenvalue weighted by molar-refractivity contribution is 0.0696. The average Bonchev–Trinajstić information content (AvgIpc) is 2.30. The van der Waals surface area contributed by atoms with Crippen LogP contribution in [0.1, 0.15) is 17.3 Å². The molecule has 92 valence electrons. The van der Waals surface area contributed by atoms with Crippen LogP contribution in [0.25, 0.3) is 0 Å². The highest BCUT2D eigenvalue weighted by Crippen LogP contribution is 2.25. The van der Waals surface area contributed by atoms with E-state index in [0.717, 1.165) is 30.3 Å². The van der Waals surface area contributed by atoms with Crippen LogP contribution >= 0.6 is 11.8 Å². The van der Waals surface area contributed by atoms with Gasteiger partial charge in [0, 0.05) is 24.1 Å². The molecular weight excluding hydrogens is 243 g/mol. The van der Waals surface area contributed by atoms with E-state index in [1.807, 2.05) is 23.6 Å². The maximum Gasteiger partial charge on any atom is 0.339 e. The topological polar surface area (TPSA) is 53.4 Å². The summed E-state index contributed by atoms with van der Waals surface area (Å²) in [5.74, 6) is 0.468. The number of pyridine rings is 1.